The summed E-state index contributed by atoms with van der Waals surface area (Å²) in [5.41, 5.74) is 7.46. The summed E-state index contributed by atoms with van der Waals surface area (Å²) in [6.45, 7) is 3.65. The second-order valence-corrected chi connectivity index (χ2v) is 4.40. The van der Waals surface area contributed by atoms with Crippen molar-refractivity contribution in [3.8, 4) is 0 Å². The van der Waals surface area contributed by atoms with Gasteiger partial charge in [-0.1, -0.05) is 6.07 Å². The molecule has 6 heteroatoms. The highest BCUT2D eigenvalue weighted by Gasteiger charge is 2.13. The van der Waals surface area contributed by atoms with E-state index in [1.54, 1.807) is 6.92 Å². The van der Waals surface area contributed by atoms with Gasteiger partial charge in [0.05, 0.1) is 17.1 Å². The van der Waals surface area contributed by atoms with E-state index in [1.807, 2.05) is 25.1 Å². The molecule has 0 fully saturated rings. The van der Waals surface area contributed by atoms with Gasteiger partial charge in [-0.15, -0.1) is 0 Å². The monoisotopic (exact) mass is 248 g/mol. The number of fused-ring (bicyclic) bond motifs is 1. The fourth-order valence-corrected chi connectivity index (χ4v) is 1.87. The largest absolute Gasteiger partial charge is 0.368 e. The van der Waals surface area contributed by atoms with Crippen LogP contribution in [0.3, 0.4) is 0 Å². The molecule has 2 atom stereocenters. The first-order valence-corrected chi connectivity index (χ1v) is 5.74. The van der Waals surface area contributed by atoms with Crippen LogP contribution >= 0.6 is 0 Å². The molecule has 96 valence electrons. The molecule has 2 unspecified atom stereocenters. The highest BCUT2D eigenvalue weighted by molar-refractivity contribution is 5.79. The van der Waals surface area contributed by atoms with Crippen LogP contribution in [-0.4, -0.2) is 21.9 Å². The third kappa shape index (κ3) is 2.43. The maximum absolute atomic E-state index is 11.1. The first-order chi connectivity index (χ1) is 8.47. The fraction of sp³-hybridized carbons (Fsp3) is 0.333. The van der Waals surface area contributed by atoms with E-state index in [9.17, 15) is 9.59 Å². The zero-order valence-electron chi connectivity index (χ0n) is 10.3. The highest BCUT2D eigenvalue weighted by Crippen LogP contribution is 2.17. The summed E-state index contributed by atoms with van der Waals surface area (Å²) < 4.78 is 0. The number of aromatic amines is 2. The van der Waals surface area contributed by atoms with Gasteiger partial charge in [-0.3, -0.25) is 10.1 Å². The van der Waals surface area contributed by atoms with Crippen LogP contribution < -0.4 is 16.7 Å². The van der Waals surface area contributed by atoms with Crippen molar-refractivity contribution in [1.29, 1.82) is 0 Å². The van der Waals surface area contributed by atoms with Crippen LogP contribution in [0.15, 0.2) is 23.0 Å². The Morgan fingerprint density at radius 2 is 1.94 bits per heavy atom. The van der Waals surface area contributed by atoms with Crippen molar-refractivity contribution < 1.29 is 4.79 Å². The second-order valence-electron chi connectivity index (χ2n) is 4.40. The first kappa shape index (κ1) is 12.4. The number of hydrogen-bond acceptors (Lipinski definition) is 3. The fourth-order valence-electron chi connectivity index (χ4n) is 1.87. The molecule has 0 bridgehead atoms. The van der Waals surface area contributed by atoms with Gasteiger partial charge < -0.3 is 15.7 Å². The molecule has 18 heavy (non-hydrogen) atoms. The third-order valence-corrected chi connectivity index (χ3v) is 2.97. The number of nitrogens with one attached hydrogen (secondary N) is 3. The lowest BCUT2D eigenvalue weighted by molar-refractivity contribution is -0.119. The van der Waals surface area contributed by atoms with E-state index in [0.29, 0.717) is 0 Å². The Bertz CT molecular complexity index is 628. The van der Waals surface area contributed by atoms with Gasteiger partial charge in [-0.2, -0.15) is 0 Å². The standard InChI is InChI=1S/C12H16N4O2/c1-6(14-7(2)11(13)17)8-3-4-9-10(5-8)16-12(18)15-9/h3-7,14H,1-2H3,(H2,13,17)(H2,15,16,18). The topological polar surface area (TPSA) is 104 Å². The Morgan fingerprint density at radius 3 is 2.61 bits per heavy atom. The summed E-state index contributed by atoms with van der Waals surface area (Å²) in [5.74, 6) is -0.391. The first-order valence-electron chi connectivity index (χ1n) is 5.74. The Balaban J connectivity index is 2.24. The number of imidazole rings is 1. The van der Waals surface area contributed by atoms with Gasteiger partial charge in [0.25, 0.3) is 0 Å². The van der Waals surface area contributed by atoms with E-state index in [2.05, 4.69) is 15.3 Å². The minimum absolute atomic E-state index is 0.0321. The average Bonchev–Trinajstić information content (AvgIpc) is 2.67. The Labute approximate surface area is 104 Å². The lowest BCUT2D eigenvalue weighted by Gasteiger charge is -2.18. The zero-order valence-corrected chi connectivity index (χ0v) is 10.3. The van der Waals surface area contributed by atoms with Crippen LogP contribution in [-0.2, 0) is 4.79 Å². The van der Waals surface area contributed by atoms with Gasteiger partial charge in [-0.25, -0.2) is 4.79 Å². The molecular weight excluding hydrogens is 232 g/mol. The van der Waals surface area contributed by atoms with Crippen molar-refractivity contribution in [1.82, 2.24) is 15.3 Å². The Morgan fingerprint density at radius 1 is 1.28 bits per heavy atom. The summed E-state index contributed by atoms with van der Waals surface area (Å²) in [4.78, 5) is 27.5. The molecular formula is C12H16N4O2. The molecule has 0 aliphatic carbocycles. The molecule has 2 rings (SSSR count). The molecule has 2 aromatic rings. The number of carbonyl (C=O) groups is 1. The molecule has 0 saturated heterocycles. The normalized spacial score (nSPS) is 14.6. The van der Waals surface area contributed by atoms with Crippen molar-refractivity contribution in [2.45, 2.75) is 25.9 Å². The quantitative estimate of drug-likeness (QED) is 0.628. The SMILES string of the molecule is CC(NC(C)c1ccc2[nH]c(=O)[nH]c2c1)C(N)=O. The van der Waals surface area contributed by atoms with E-state index in [1.165, 1.54) is 0 Å². The predicted octanol–water partition coefficient (Wildman–Crippen LogP) is 0.381. The number of carbonyl (C=O) groups excluding carboxylic acids is 1. The van der Waals surface area contributed by atoms with Crippen molar-refractivity contribution in [3.05, 3.63) is 34.2 Å². The number of nitrogens with two attached hydrogens (primary N) is 1. The van der Waals surface area contributed by atoms with Gasteiger partial charge in [0.15, 0.2) is 0 Å². The molecule has 1 aromatic heterocycles. The predicted molar refractivity (Wildman–Crippen MR) is 69.1 cm³/mol. The van der Waals surface area contributed by atoms with E-state index in [4.69, 9.17) is 5.73 Å². The number of benzene rings is 1. The van der Waals surface area contributed by atoms with Crippen LogP contribution in [0.5, 0.6) is 0 Å². The molecule has 1 heterocycles. The molecule has 0 aliphatic rings. The molecule has 0 saturated carbocycles. The minimum atomic E-state index is -0.402. The summed E-state index contributed by atoms with van der Waals surface area (Å²) >= 11 is 0. The van der Waals surface area contributed by atoms with Crippen molar-refractivity contribution >= 4 is 16.9 Å². The second kappa shape index (κ2) is 4.66. The lowest BCUT2D eigenvalue weighted by atomic mass is 10.1. The number of aromatic nitrogens is 2. The minimum Gasteiger partial charge on any atom is -0.368 e. The highest BCUT2D eigenvalue weighted by atomic mass is 16.1. The number of amides is 1. The van der Waals surface area contributed by atoms with Crippen molar-refractivity contribution in [3.63, 3.8) is 0 Å². The molecule has 1 aromatic carbocycles. The van der Waals surface area contributed by atoms with Crippen LogP contribution in [0.4, 0.5) is 0 Å². The molecule has 5 N–H and O–H groups in total. The van der Waals surface area contributed by atoms with Gasteiger partial charge in [0.2, 0.25) is 5.91 Å². The van der Waals surface area contributed by atoms with E-state index in [-0.39, 0.29) is 11.7 Å². The molecule has 0 spiro atoms. The number of hydrogen-bond donors (Lipinski definition) is 4. The van der Waals surface area contributed by atoms with Gasteiger partial charge in [0.1, 0.15) is 0 Å². The number of primary amides is 1. The third-order valence-electron chi connectivity index (χ3n) is 2.97. The van der Waals surface area contributed by atoms with Crippen molar-refractivity contribution in [2.75, 3.05) is 0 Å². The van der Waals surface area contributed by atoms with Gasteiger partial charge in [-0.05, 0) is 31.5 Å². The Hall–Kier alpha value is -2.08. The van der Waals surface area contributed by atoms with Crippen molar-refractivity contribution in [2.24, 2.45) is 5.73 Å². The number of rotatable bonds is 4. The maximum atomic E-state index is 11.1. The van der Waals surface area contributed by atoms with E-state index >= 15 is 0 Å². The summed E-state index contributed by atoms with van der Waals surface area (Å²) in [6.07, 6.45) is 0. The van der Waals surface area contributed by atoms with E-state index in [0.717, 1.165) is 16.6 Å². The molecule has 0 radical (unpaired) electrons. The van der Waals surface area contributed by atoms with Crippen LogP contribution in [0.25, 0.3) is 11.0 Å². The Kier molecular flexibility index (Phi) is 3.20. The maximum Gasteiger partial charge on any atom is 0.323 e. The van der Waals surface area contributed by atoms with Crippen LogP contribution in [0, 0.1) is 0 Å². The average molecular weight is 248 g/mol. The summed E-state index contributed by atoms with van der Waals surface area (Å²) in [5, 5.41) is 3.09. The lowest BCUT2D eigenvalue weighted by Crippen LogP contribution is -2.39. The number of H-pyrrole nitrogens is 2. The smallest absolute Gasteiger partial charge is 0.323 e. The molecule has 0 aliphatic heterocycles. The van der Waals surface area contributed by atoms with E-state index < -0.39 is 11.9 Å². The zero-order chi connectivity index (χ0) is 13.3. The summed E-state index contributed by atoms with van der Waals surface area (Å²) in [7, 11) is 0. The summed E-state index contributed by atoms with van der Waals surface area (Å²) in [6, 6.07) is 5.17. The van der Waals surface area contributed by atoms with Gasteiger partial charge in [0, 0.05) is 6.04 Å². The van der Waals surface area contributed by atoms with Crippen LogP contribution in [0.2, 0.25) is 0 Å². The van der Waals surface area contributed by atoms with Crippen LogP contribution in [0.1, 0.15) is 25.5 Å². The molecule has 6 nitrogen and oxygen atoms in total. The molecule has 1 amide bonds. The van der Waals surface area contributed by atoms with Gasteiger partial charge >= 0.3 is 5.69 Å².